The Labute approximate surface area is 101 Å². The van der Waals surface area contributed by atoms with Crippen molar-refractivity contribution < 1.29 is 12.6 Å². The van der Waals surface area contributed by atoms with Crippen LogP contribution in [-0.2, 0) is 23.9 Å². The maximum absolute atomic E-state index is 11.8. The molecule has 0 amide bonds. The van der Waals surface area contributed by atoms with E-state index < -0.39 is 23.2 Å². The van der Waals surface area contributed by atoms with Crippen molar-refractivity contribution in [3.8, 4) is 0 Å². The van der Waals surface area contributed by atoms with Crippen molar-refractivity contribution in [3.05, 3.63) is 35.9 Å². The van der Waals surface area contributed by atoms with Crippen LogP contribution in [0.15, 0.2) is 30.3 Å². The minimum atomic E-state index is -3.53. The summed E-state index contributed by atoms with van der Waals surface area (Å²) in [7, 11) is -1.27. The number of benzene rings is 1. The lowest BCUT2D eigenvalue weighted by atomic mass is 10.2. The Morgan fingerprint density at radius 3 is 2.12 bits per heavy atom. The first-order valence-corrected chi connectivity index (χ1v) is 10.2. The maximum Gasteiger partial charge on any atom is 0.165 e. The van der Waals surface area contributed by atoms with Crippen molar-refractivity contribution in [2.24, 2.45) is 0 Å². The molecule has 0 radical (unpaired) electrons. The molecule has 0 spiro atoms. The number of sulfone groups is 1. The van der Waals surface area contributed by atoms with E-state index >= 15 is 0 Å². The highest BCUT2D eigenvalue weighted by molar-refractivity contribution is 8.41. The van der Waals surface area contributed by atoms with Gasteiger partial charge in [-0.2, -0.15) is 0 Å². The second-order valence-corrected chi connectivity index (χ2v) is 13.8. The van der Waals surface area contributed by atoms with Crippen LogP contribution in [0.4, 0.5) is 0 Å². The molecule has 0 atom stereocenters. The zero-order valence-electron chi connectivity index (χ0n) is 9.22. The minimum absolute atomic E-state index is 0.128. The van der Waals surface area contributed by atoms with Crippen LogP contribution >= 0.6 is 10.7 Å². The average molecular weight is 283 g/mol. The minimum Gasteiger partial charge on any atom is -0.267 e. The quantitative estimate of drug-likeness (QED) is 0.791. The smallest absolute Gasteiger partial charge is 0.165 e. The molecule has 1 aromatic rings. The van der Waals surface area contributed by atoms with Gasteiger partial charge in [-0.3, -0.25) is 4.21 Å². The van der Waals surface area contributed by atoms with E-state index in [9.17, 15) is 12.6 Å². The van der Waals surface area contributed by atoms with Crippen LogP contribution in [0, 0.1) is 0 Å². The van der Waals surface area contributed by atoms with Crippen molar-refractivity contribution in [1.29, 1.82) is 0 Å². The van der Waals surface area contributed by atoms with Crippen LogP contribution in [0.2, 0.25) is 0 Å². The summed E-state index contributed by atoms with van der Waals surface area (Å²) in [5.74, 6) is -0.128. The fourth-order valence-electron chi connectivity index (χ4n) is 1.37. The lowest BCUT2D eigenvalue weighted by molar-refractivity contribution is 0.599. The zero-order chi connectivity index (χ0) is 12.5. The average Bonchev–Trinajstić information content (AvgIpc) is 1.98. The summed E-state index contributed by atoms with van der Waals surface area (Å²) in [6.45, 7) is 0. The van der Waals surface area contributed by atoms with E-state index in [1.807, 2.05) is 6.07 Å². The Bertz CT molecular complexity index is 517. The molecule has 0 aromatic heterocycles. The second kappa shape index (κ2) is 4.13. The molecule has 0 saturated heterocycles. The molecule has 0 heterocycles. The molecule has 1 aromatic carbocycles. The van der Waals surface area contributed by atoms with E-state index in [4.69, 9.17) is 10.7 Å². The van der Waals surface area contributed by atoms with E-state index in [2.05, 4.69) is 0 Å². The summed E-state index contributed by atoms with van der Waals surface area (Å²) in [6.07, 6.45) is 2.56. The van der Waals surface area contributed by atoms with Gasteiger partial charge in [0.15, 0.2) is 9.84 Å². The Morgan fingerprint density at radius 2 is 1.69 bits per heavy atom. The highest BCUT2D eigenvalue weighted by Crippen LogP contribution is 2.26. The van der Waals surface area contributed by atoms with Gasteiger partial charge < -0.3 is 0 Å². The Hall–Kier alpha value is -0.390. The maximum atomic E-state index is 11.8. The third-order valence-corrected chi connectivity index (χ3v) is 7.38. The van der Waals surface area contributed by atoms with E-state index in [1.165, 1.54) is 12.5 Å². The lowest BCUT2D eigenvalue weighted by Gasteiger charge is -2.24. The van der Waals surface area contributed by atoms with Crippen LogP contribution < -0.4 is 0 Å². The number of halogens is 1. The molecule has 3 nitrogen and oxygen atoms in total. The predicted octanol–water partition coefficient (Wildman–Crippen LogP) is 1.79. The van der Waals surface area contributed by atoms with Crippen LogP contribution in [-0.4, -0.2) is 30.2 Å². The number of hydrogen-bond donors (Lipinski definition) is 0. The summed E-state index contributed by atoms with van der Waals surface area (Å²) in [5.41, 5.74) is 0.677. The normalized spacial score (nSPS) is 15.3. The molecular weight excluding hydrogens is 268 g/mol. The third kappa shape index (κ3) is 5.63. The molecule has 0 saturated carbocycles. The molecule has 16 heavy (non-hydrogen) atoms. The summed E-state index contributed by atoms with van der Waals surface area (Å²) >= 11 is 0. The highest BCUT2D eigenvalue weighted by Gasteiger charge is 2.29. The van der Waals surface area contributed by atoms with Crippen molar-refractivity contribution in [3.63, 3.8) is 0 Å². The summed E-state index contributed by atoms with van der Waals surface area (Å²) in [4.78, 5) is 0. The van der Waals surface area contributed by atoms with Gasteiger partial charge >= 0.3 is 0 Å². The highest BCUT2D eigenvalue weighted by atomic mass is 35.7. The standard InChI is InChI=1S/C10H15ClO3S2/c1-16(2,11,14)9-15(12,13)8-10-6-4-3-5-7-10/h3-7H,8-9H2,1-2H3. The van der Waals surface area contributed by atoms with Gasteiger partial charge in [0.25, 0.3) is 0 Å². The topological polar surface area (TPSA) is 51.2 Å². The molecule has 0 aliphatic heterocycles. The molecule has 0 N–H and O–H groups in total. The van der Waals surface area contributed by atoms with Gasteiger partial charge in [-0.15, -0.1) is 0 Å². The zero-order valence-corrected chi connectivity index (χ0v) is 11.6. The van der Waals surface area contributed by atoms with Gasteiger partial charge in [0.2, 0.25) is 0 Å². The fourth-order valence-corrected chi connectivity index (χ4v) is 7.63. The molecular formula is C10H15ClO3S2. The fraction of sp³-hybridized carbons (Fsp3) is 0.400. The van der Waals surface area contributed by atoms with E-state index in [1.54, 1.807) is 24.3 Å². The largest absolute Gasteiger partial charge is 0.267 e. The van der Waals surface area contributed by atoms with E-state index in [0.717, 1.165) is 0 Å². The van der Waals surface area contributed by atoms with Gasteiger partial charge in [0, 0.05) is 12.5 Å². The van der Waals surface area contributed by atoms with Crippen LogP contribution in [0.5, 0.6) is 0 Å². The molecule has 0 bridgehead atoms. The summed E-state index contributed by atoms with van der Waals surface area (Å²) in [6, 6.07) is 8.77. The van der Waals surface area contributed by atoms with Crippen molar-refractivity contribution >= 4 is 28.8 Å². The van der Waals surface area contributed by atoms with Crippen LogP contribution in [0.1, 0.15) is 5.56 Å². The number of hydrogen-bond acceptors (Lipinski definition) is 3. The van der Waals surface area contributed by atoms with Gasteiger partial charge in [0.1, 0.15) is 5.08 Å². The first kappa shape index (κ1) is 13.7. The molecule has 1 rings (SSSR count). The van der Waals surface area contributed by atoms with E-state index in [-0.39, 0.29) is 5.75 Å². The lowest BCUT2D eigenvalue weighted by Crippen LogP contribution is -2.31. The van der Waals surface area contributed by atoms with Gasteiger partial charge in [-0.1, -0.05) is 30.3 Å². The molecule has 0 unspecified atom stereocenters. The summed E-state index contributed by atoms with van der Waals surface area (Å²) < 4.78 is 35.3. The van der Waals surface area contributed by atoms with E-state index in [0.29, 0.717) is 5.56 Å². The Morgan fingerprint density at radius 1 is 1.19 bits per heavy atom. The van der Waals surface area contributed by atoms with Gasteiger partial charge in [-0.25, -0.2) is 8.42 Å². The number of rotatable bonds is 4. The Balaban J connectivity index is 2.87. The first-order chi connectivity index (χ1) is 7.04. The Kier molecular flexibility index (Phi) is 3.53. The molecule has 0 aliphatic rings. The van der Waals surface area contributed by atoms with Crippen LogP contribution in [0.3, 0.4) is 0 Å². The third-order valence-electron chi connectivity index (χ3n) is 1.74. The van der Waals surface area contributed by atoms with Crippen molar-refractivity contribution in [1.82, 2.24) is 0 Å². The molecule has 0 aliphatic carbocycles. The second-order valence-electron chi connectivity index (χ2n) is 4.41. The molecule has 6 heteroatoms. The van der Waals surface area contributed by atoms with Gasteiger partial charge in [-0.05, 0) is 24.5 Å². The monoisotopic (exact) mass is 282 g/mol. The molecule has 92 valence electrons. The van der Waals surface area contributed by atoms with Crippen molar-refractivity contribution in [2.45, 2.75) is 5.75 Å². The molecule has 0 fully saturated rings. The van der Waals surface area contributed by atoms with Crippen molar-refractivity contribution in [2.75, 3.05) is 17.6 Å². The van der Waals surface area contributed by atoms with Gasteiger partial charge in [0.05, 0.1) is 5.75 Å². The predicted molar refractivity (Wildman–Crippen MR) is 69.8 cm³/mol. The first-order valence-electron chi connectivity index (χ1n) is 4.60. The summed E-state index contributed by atoms with van der Waals surface area (Å²) in [5, 5.41) is -0.485. The van der Waals surface area contributed by atoms with Crippen LogP contribution in [0.25, 0.3) is 0 Å². The SMILES string of the molecule is CS(C)(=O)(Cl)CS(=O)(=O)Cc1ccccc1.